The van der Waals surface area contributed by atoms with Crippen LogP contribution in [0.1, 0.15) is 18.1 Å². The summed E-state index contributed by atoms with van der Waals surface area (Å²) < 4.78 is 16.3. The van der Waals surface area contributed by atoms with E-state index in [0.717, 1.165) is 5.56 Å². The third kappa shape index (κ3) is 6.87. The molecule has 0 heterocycles. The molecular formula is C26H26N2O5. The molecule has 170 valence electrons. The van der Waals surface area contributed by atoms with Crippen molar-refractivity contribution in [3.05, 3.63) is 89.6 Å². The Morgan fingerprint density at radius 2 is 1.58 bits per heavy atom. The van der Waals surface area contributed by atoms with Gasteiger partial charge in [0.05, 0.1) is 14.2 Å². The molecule has 0 fully saturated rings. The summed E-state index contributed by atoms with van der Waals surface area (Å²) in [5.74, 6) is 0.939. The highest BCUT2D eigenvalue weighted by atomic mass is 16.5. The summed E-state index contributed by atoms with van der Waals surface area (Å²) in [5, 5.41) is 5.36. The number of rotatable bonds is 9. The van der Waals surface area contributed by atoms with Crippen LogP contribution in [0, 0.1) is 0 Å². The Kier molecular flexibility index (Phi) is 8.07. The average Bonchev–Trinajstić information content (AvgIpc) is 2.83. The van der Waals surface area contributed by atoms with Crippen LogP contribution in [0.15, 0.2) is 78.5 Å². The first-order valence-corrected chi connectivity index (χ1v) is 10.3. The Balaban J connectivity index is 1.71. The molecule has 0 aliphatic rings. The van der Waals surface area contributed by atoms with Crippen molar-refractivity contribution in [2.24, 2.45) is 0 Å². The molecule has 0 spiro atoms. The Morgan fingerprint density at radius 3 is 2.21 bits per heavy atom. The van der Waals surface area contributed by atoms with E-state index in [1.54, 1.807) is 55.7 Å². The number of hydrogen-bond acceptors (Lipinski definition) is 5. The fourth-order valence-electron chi connectivity index (χ4n) is 3.03. The number of hydrogen-bond donors (Lipinski definition) is 2. The summed E-state index contributed by atoms with van der Waals surface area (Å²) in [6.45, 7) is 1.79. The van der Waals surface area contributed by atoms with E-state index in [0.29, 0.717) is 35.1 Å². The van der Waals surface area contributed by atoms with Crippen LogP contribution < -0.4 is 24.8 Å². The maximum absolute atomic E-state index is 12.8. The lowest BCUT2D eigenvalue weighted by Crippen LogP contribution is -2.28. The Bertz CT molecular complexity index is 1130. The third-order valence-corrected chi connectivity index (χ3v) is 4.63. The van der Waals surface area contributed by atoms with Crippen molar-refractivity contribution < 1.29 is 23.8 Å². The quantitative estimate of drug-likeness (QED) is 0.476. The average molecular weight is 447 g/mol. The van der Waals surface area contributed by atoms with Crippen LogP contribution in [0.25, 0.3) is 6.08 Å². The molecule has 0 unspecified atom stereocenters. The molecule has 0 aliphatic carbocycles. The summed E-state index contributed by atoms with van der Waals surface area (Å²) in [6, 6.07) is 22.1. The van der Waals surface area contributed by atoms with Crippen LogP contribution in [0.3, 0.4) is 0 Å². The van der Waals surface area contributed by atoms with Crippen LogP contribution in [-0.2, 0) is 16.2 Å². The fourth-order valence-corrected chi connectivity index (χ4v) is 3.03. The number of amides is 2. The SMILES string of the molecule is COc1ccc(C=C(NC(C)=O)C(=O)Nc2ccc(OCc3ccccc3)cc2)cc1OC. The second-order valence-electron chi connectivity index (χ2n) is 7.11. The predicted octanol–water partition coefficient (Wildman–Crippen LogP) is 4.40. The number of methoxy groups -OCH3 is 2. The normalized spacial score (nSPS) is 10.8. The van der Waals surface area contributed by atoms with Crippen molar-refractivity contribution in [3.63, 3.8) is 0 Å². The number of carbonyl (C=O) groups excluding carboxylic acids is 2. The van der Waals surface area contributed by atoms with Crippen molar-refractivity contribution in [3.8, 4) is 17.2 Å². The molecule has 33 heavy (non-hydrogen) atoms. The van der Waals surface area contributed by atoms with Gasteiger partial charge in [0, 0.05) is 12.6 Å². The maximum Gasteiger partial charge on any atom is 0.272 e. The molecule has 2 N–H and O–H groups in total. The summed E-state index contributed by atoms with van der Waals surface area (Å²) in [5.41, 5.74) is 2.39. The molecule has 0 radical (unpaired) electrons. The number of anilines is 1. The molecule has 2 amide bonds. The van der Waals surface area contributed by atoms with Crippen molar-refractivity contribution in [1.82, 2.24) is 5.32 Å². The highest BCUT2D eigenvalue weighted by Crippen LogP contribution is 2.28. The fraction of sp³-hybridized carbons (Fsp3) is 0.154. The van der Waals surface area contributed by atoms with Crippen molar-refractivity contribution in [1.29, 1.82) is 0 Å². The zero-order valence-corrected chi connectivity index (χ0v) is 18.8. The molecule has 3 aromatic carbocycles. The second-order valence-corrected chi connectivity index (χ2v) is 7.11. The highest BCUT2D eigenvalue weighted by molar-refractivity contribution is 6.08. The third-order valence-electron chi connectivity index (χ3n) is 4.63. The first kappa shape index (κ1) is 23.4. The van der Waals surface area contributed by atoms with Gasteiger partial charge >= 0.3 is 0 Å². The minimum absolute atomic E-state index is 0.0964. The smallest absolute Gasteiger partial charge is 0.272 e. The van der Waals surface area contributed by atoms with Gasteiger partial charge < -0.3 is 24.8 Å². The summed E-state index contributed by atoms with van der Waals surface area (Å²) in [4.78, 5) is 24.5. The lowest BCUT2D eigenvalue weighted by molar-refractivity contribution is -0.120. The van der Waals surface area contributed by atoms with Crippen LogP contribution >= 0.6 is 0 Å². The van der Waals surface area contributed by atoms with Crippen LogP contribution in [0.5, 0.6) is 17.2 Å². The van der Waals surface area contributed by atoms with Crippen molar-refractivity contribution in [2.75, 3.05) is 19.5 Å². The van der Waals surface area contributed by atoms with E-state index in [4.69, 9.17) is 14.2 Å². The van der Waals surface area contributed by atoms with Gasteiger partial charge in [-0.25, -0.2) is 0 Å². The van der Waals surface area contributed by atoms with E-state index in [9.17, 15) is 9.59 Å². The minimum Gasteiger partial charge on any atom is -0.493 e. The van der Waals surface area contributed by atoms with Gasteiger partial charge in [-0.05, 0) is 53.6 Å². The molecule has 7 nitrogen and oxygen atoms in total. The van der Waals surface area contributed by atoms with E-state index in [1.165, 1.54) is 14.0 Å². The lowest BCUT2D eigenvalue weighted by Gasteiger charge is -2.12. The molecule has 0 bridgehead atoms. The minimum atomic E-state index is -0.460. The molecular weight excluding hydrogens is 420 g/mol. The number of carbonyl (C=O) groups is 2. The Morgan fingerprint density at radius 1 is 0.879 bits per heavy atom. The monoisotopic (exact) mass is 446 g/mol. The first-order chi connectivity index (χ1) is 16.0. The van der Waals surface area contributed by atoms with Gasteiger partial charge in [0.2, 0.25) is 5.91 Å². The molecule has 0 aromatic heterocycles. The second kappa shape index (κ2) is 11.4. The van der Waals surface area contributed by atoms with Gasteiger partial charge in [0.25, 0.3) is 5.91 Å². The predicted molar refractivity (Wildman–Crippen MR) is 127 cm³/mol. The van der Waals surface area contributed by atoms with Crippen LogP contribution in [0.2, 0.25) is 0 Å². The summed E-state index contributed by atoms with van der Waals surface area (Å²) in [6.07, 6.45) is 1.57. The molecule has 7 heteroatoms. The van der Waals surface area contributed by atoms with Crippen LogP contribution in [-0.4, -0.2) is 26.0 Å². The van der Waals surface area contributed by atoms with Gasteiger partial charge in [0.15, 0.2) is 11.5 Å². The van der Waals surface area contributed by atoms with E-state index in [2.05, 4.69) is 10.6 Å². The number of nitrogens with one attached hydrogen (secondary N) is 2. The standard InChI is InChI=1S/C26H26N2O5/c1-18(29)27-23(15-20-9-14-24(31-2)25(16-20)32-3)26(30)28-21-10-12-22(13-11-21)33-17-19-7-5-4-6-8-19/h4-16H,17H2,1-3H3,(H,27,29)(H,28,30). The van der Waals surface area contributed by atoms with E-state index in [1.807, 2.05) is 30.3 Å². The van der Waals surface area contributed by atoms with Gasteiger partial charge in [-0.3, -0.25) is 9.59 Å². The van der Waals surface area contributed by atoms with Gasteiger partial charge in [0.1, 0.15) is 18.1 Å². The topological polar surface area (TPSA) is 85.9 Å². The number of ether oxygens (including phenoxy) is 3. The highest BCUT2D eigenvalue weighted by Gasteiger charge is 2.13. The van der Waals surface area contributed by atoms with E-state index >= 15 is 0 Å². The molecule has 0 atom stereocenters. The zero-order valence-electron chi connectivity index (χ0n) is 18.8. The first-order valence-electron chi connectivity index (χ1n) is 10.3. The van der Waals surface area contributed by atoms with Gasteiger partial charge in [-0.15, -0.1) is 0 Å². The molecule has 0 aliphatic heterocycles. The van der Waals surface area contributed by atoms with Gasteiger partial charge in [-0.2, -0.15) is 0 Å². The number of benzene rings is 3. The Labute approximate surface area is 193 Å². The molecule has 0 saturated carbocycles. The van der Waals surface area contributed by atoms with Crippen molar-refractivity contribution in [2.45, 2.75) is 13.5 Å². The van der Waals surface area contributed by atoms with E-state index in [-0.39, 0.29) is 11.6 Å². The lowest BCUT2D eigenvalue weighted by atomic mass is 10.1. The molecule has 3 aromatic rings. The maximum atomic E-state index is 12.8. The summed E-state index contributed by atoms with van der Waals surface area (Å²) >= 11 is 0. The Hall–Kier alpha value is -4.26. The van der Waals surface area contributed by atoms with E-state index < -0.39 is 5.91 Å². The summed E-state index contributed by atoms with van der Waals surface area (Å²) in [7, 11) is 3.07. The zero-order chi connectivity index (χ0) is 23.6. The van der Waals surface area contributed by atoms with Crippen LogP contribution in [0.4, 0.5) is 5.69 Å². The molecule has 3 rings (SSSR count). The van der Waals surface area contributed by atoms with Crippen molar-refractivity contribution >= 4 is 23.6 Å². The van der Waals surface area contributed by atoms with Gasteiger partial charge in [-0.1, -0.05) is 36.4 Å². The molecule has 0 saturated heterocycles. The largest absolute Gasteiger partial charge is 0.493 e.